The molecule has 1 aliphatic carbocycles. The zero-order valence-electron chi connectivity index (χ0n) is 11.8. The predicted octanol–water partition coefficient (Wildman–Crippen LogP) is 4.49. The Morgan fingerprint density at radius 1 is 0.875 bits per heavy atom. The van der Waals surface area contributed by atoms with Crippen LogP contribution in [-0.4, -0.2) is 19.9 Å². The molecule has 0 aliphatic heterocycles. The molecule has 0 spiro atoms. The highest BCUT2D eigenvalue weighted by molar-refractivity contribution is 7.90. The molecule has 8 heteroatoms. The fraction of sp³-hybridized carbons (Fsp3) is 0. The van der Waals surface area contributed by atoms with Gasteiger partial charge >= 0.3 is 0 Å². The molecular weight excluding hydrogens is 393 g/mol. The maximum absolute atomic E-state index is 12.5. The number of rotatable bonds is 2. The Morgan fingerprint density at radius 3 is 2.21 bits per heavy atom. The number of halogens is 3. The number of hydrogen-bond donors (Lipinski definition) is 0. The van der Waals surface area contributed by atoms with Crippen molar-refractivity contribution in [1.82, 2.24) is 0 Å². The number of fused-ring (bicyclic) bond motifs is 1. The van der Waals surface area contributed by atoms with E-state index in [1.807, 2.05) is 0 Å². The van der Waals surface area contributed by atoms with E-state index in [-0.39, 0.29) is 31.5 Å². The van der Waals surface area contributed by atoms with E-state index in [9.17, 15) is 13.2 Å². The van der Waals surface area contributed by atoms with Crippen LogP contribution in [0.25, 0.3) is 0 Å². The zero-order valence-corrected chi connectivity index (χ0v) is 14.9. The maximum Gasteiger partial charge on any atom is 0.282 e. The van der Waals surface area contributed by atoms with E-state index in [4.69, 9.17) is 34.8 Å². The van der Waals surface area contributed by atoms with Crippen molar-refractivity contribution >= 4 is 56.3 Å². The number of Topliss-reactive ketones (excluding diaryl/α,β-unsaturated/α-hetero) is 1. The van der Waals surface area contributed by atoms with E-state index in [2.05, 4.69) is 4.40 Å². The van der Waals surface area contributed by atoms with Crippen molar-refractivity contribution in [2.45, 2.75) is 4.90 Å². The van der Waals surface area contributed by atoms with Crippen LogP contribution in [0.15, 0.2) is 62.9 Å². The molecule has 3 rings (SSSR count). The van der Waals surface area contributed by atoms with Gasteiger partial charge in [0, 0.05) is 11.1 Å². The maximum atomic E-state index is 12.5. The van der Waals surface area contributed by atoms with Gasteiger partial charge in [0.1, 0.15) is 0 Å². The first kappa shape index (κ1) is 17.2. The molecule has 0 aromatic heterocycles. The first-order chi connectivity index (χ1) is 11.3. The second-order valence-corrected chi connectivity index (χ2v) is 7.72. The Bertz CT molecular complexity index is 1030. The van der Waals surface area contributed by atoms with Crippen molar-refractivity contribution in [3.63, 3.8) is 0 Å². The van der Waals surface area contributed by atoms with Gasteiger partial charge in [-0.2, -0.15) is 12.8 Å². The molecule has 24 heavy (non-hydrogen) atoms. The molecule has 0 amide bonds. The molecule has 0 fully saturated rings. The first-order valence-corrected chi connectivity index (χ1v) is 9.18. The van der Waals surface area contributed by atoms with Crippen LogP contribution in [0.1, 0.15) is 15.9 Å². The van der Waals surface area contributed by atoms with Gasteiger partial charge in [0.15, 0.2) is 0 Å². The SMILES string of the molecule is O=C1C(Cl)=CC(=NS(=O)(=O)c2ccc(Cl)c(Cl)c2)c2ccccc21. The second kappa shape index (κ2) is 6.33. The number of carbonyl (C=O) groups excluding carboxylic acids is 1. The Morgan fingerprint density at radius 2 is 1.54 bits per heavy atom. The van der Waals surface area contributed by atoms with Crippen molar-refractivity contribution in [1.29, 1.82) is 0 Å². The van der Waals surface area contributed by atoms with Crippen molar-refractivity contribution < 1.29 is 13.2 Å². The highest BCUT2D eigenvalue weighted by Crippen LogP contribution is 2.28. The topological polar surface area (TPSA) is 63.6 Å². The summed E-state index contributed by atoms with van der Waals surface area (Å²) in [5.74, 6) is -0.377. The molecule has 0 heterocycles. The molecule has 0 saturated carbocycles. The van der Waals surface area contributed by atoms with E-state index in [0.717, 1.165) is 0 Å². The van der Waals surface area contributed by atoms with Crippen LogP contribution < -0.4 is 0 Å². The van der Waals surface area contributed by atoms with Gasteiger partial charge in [-0.1, -0.05) is 59.1 Å². The lowest BCUT2D eigenvalue weighted by Crippen LogP contribution is -2.16. The molecule has 122 valence electrons. The van der Waals surface area contributed by atoms with Gasteiger partial charge in [-0.3, -0.25) is 4.79 Å². The molecular formula is C16H8Cl3NO3S. The quantitative estimate of drug-likeness (QED) is 0.746. The van der Waals surface area contributed by atoms with Crippen molar-refractivity contribution in [2.24, 2.45) is 4.40 Å². The molecule has 0 bridgehead atoms. The van der Waals surface area contributed by atoms with Crippen LogP contribution in [0.2, 0.25) is 10.0 Å². The third kappa shape index (κ3) is 3.13. The number of carbonyl (C=O) groups is 1. The van der Waals surface area contributed by atoms with E-state index < -0.39 is 10.0 Å². The number of hydrogen-bond acceptors (Lipinski definition) is 3. The van der Waals surface area contributed by atoms with Gasteiger partial charge in [-0.25, -0.2) is 0 Å². The minimum atomic E-state index is -4.05. The number of allylic oxidation sites excluding steroid dienone is 2. The summed E-state index contributed by atoms with van der Waals surface area (Å²) in [6.45, 7) is 0. The Kier molecular flexibility index (Phi) is 4.53. The average molecular weight is 401 g/mol. The summed E-state index contributed by atoms with van der Waals surface area (Å²) in [5, 5.41) is 0.238. The average Bonchev–Trinajstić information content (AvgIpc) is 2.54. The normalized spacial score (nSPS) is 16.0. The summed E-state index contributed by atoms with van der Waals surface area (Å²) in [5.41, 5.74) is 0.782. The fourth-order valence-electron chi connectivity index (χ4n) is 2.19. The van der Waals surface area contributed by atoms with Crippen molar-refractivity contribution in [3.8, 4) is 0 Å². The summed E-state index contributed by atoms with van der Waals surface area (Å²) in [6.07, 6.45) is 1.24. The number of benzene rings is 2. The van der Waals surface area contributed by atoms with Crippen LogP contribution in [0.5, 0.6) is 0 Å². The van der Waals surface area contributed by atoms with E-state index in [1.165, 1.54) is 24.3 Å². The molecule has 0 saturated heterocycles. The lowest BCUT2D eigenvalue weighted by Gasteiger charge is -2.14. The largest absolute Gasteiger partial charge is 0.288 e. The van der Waals surface area contributed by atoms with Crippen LogP contribution in [0.4, 0.5) is 0 Å². The summed E-state index contributed by atoms with van der Waals surface area (Å²) < 4.78 is 28.8. The van der Waals surface area contributed by atoms with Crippen LogP contribution in [0.3, 0.4) is 0 Å². The highest BCUT2D eigenvalue weighted by atomic mass is 35.5. The summed E-state index contributed by atoms with van der Waals surface area (Å²) in [4.78, 5) is 11.9. The van der Waals surface area contributed by atoms with Gasteiger partial charge in [-0.15, -0.1) is 0 Å². The van der Waals surface area contributed by atoms with E-state index in [0.29, 0.717) is 11.1 Å². The molecule has 0 atom stereocenters. The van der Waals surface area contributed by atoms with Crippen molar-refractivity contribution in [3.05, 3.63) is 74.7 Å². The van der Waals surface area contributed by atoms with Gasteiger partial charge in [-0.05, 0) is 24.3 Å². The summed E-state index contributed by atoms with van der Waals surface area (Å²) >= 11 is 17.6. The third-order valence-electron chi connectivity index (χ3n) is 3.34. The standard InChI is InChI=1S/C16H8Cl3NO3S/c17-12-6-5-9(7-13(12)18)24(22,23)20-15-8-14(19)16(21)11-4-2-1-3-10(11)15/h1-8H. The van der Waals surface area contributed by atoms with Crippen LogP contribution in [0, 0.1) is 0 Å². The predicted molar refractivity (Wildman–Crippen MR) is 94.9 cm³/mol. The van der Waals surface area contributed by atoms with Gasteiger partial charge in [0.25, 0.3) is 10.0 Å². The Balaban J connectivity index is 2.16. The Labute approximate surface area is 153 Å². The minimum absolute atomic E-state index is 0.0845. The van der Waals surface area contributed by atoms with Gasteiger partial charge in [0.2, 0.25) is 5.78 Å². The molecule has 2 aromatic rings. The van der Waals surface area contributed by atoms with E-state index >= 15 is 0 Å². The molecule has 4 nitrogen and oxygen atoms in total. The van der Waals surface area contributed by atoms with Crippen molar-refractivity contribution in [2.75, 3.05) is 0 Å². The lowest BCUT2D eigenvalue weighted by molar-refractivity contribution is 0.104. The number of sulfonamides is 1. The van der Waals surface area contributed by atoms with E-state index in [1.54, 1.807) is 24.3 Å². The zero-order chi connectivity index (χ0) is 17.5. The monoisotopic (exact) mass is 399 g/mol. The highest BCUT2D eigenvalue weighted by Gasteiger charge is 2.25. The molecule has 0 radical (unpaired) electrons. The molecule has 0 N–H and O–H groups in total. The summed E-state index contributed by atoms with van der Waals surface area (Å²) in [6, 6.07) is 10.4. The molecule has 0 unspecified atom stereocenters. The molecule has 2 aromatic carbocycles. The van der Waals surface area contributed by atoms with Gasteiger partial charge in [0.05, 0.1) is 25.7 Å². The fourth-order valence-corrected chi connectivity index (χ4v) is 3.78. The lowest BCUT2D eigenvalue weighted by atomic mass is 9.94. The first-order valence-electron chi connectivity index (χ1n) is 6.61. The van der Waals surface area contributed by atoms with Crippen LogP contribution in [-0.2, 0) is 10.0 Å². The van der Waals surface area contributed by atoms with Crippen LogP contribution >= 0.6 is 34.8 Å². The number of ketones is 1. The second-order valence-electron chi connectivity index (χ2n) is 4.89. The minimum Gasteiger partial charge on any atom is -0.288 e. The molecule has 1 aliphatic rings. The number of nitrogens with zero attached hydrogens (tertiary/aromatic N) is 1. The third-order valence-corrected chi connectivity index (χ3v) is 5.64. The smallest absolute Gasteiger partial charge is 0.282 e. The Hall–Kier alpha value is -1.66. The van der Waals surface area contributed by atoms with Gasteiger partial charge < -0.3 is 0 Å². The summed E-state index contributed by atoms with van der Waals surface area (Å²) in [7, 11) is -4.05.